The number of hydrogen-bond acceptors (Lipinski definition) is 4. The van der Waals surface area contributed by atoms with Gasteiger partial charge in [-0.3, -0.25) is 4.98 Å². The monoisotopic (exact) mass is 1400 g/mol. The molecule has 23 rings (SSSR count). The highest BCUT2D eigenvalue weighted by molar-refractivity contribution is 7.26. The van der Waals surface area contributed by atoms with E-state index in [1.165, 1.54) is 126 Å². The molecule has 7 heteroatoms. The van der Waals surface area contributed by atoms with Crippen molar-refractivity contribution in [1.82, 2.24) is 18.7 Å². The summed E-state index contributed by atoms with van der Waals surface area (Å²) in [5.74, 6) is 0. The Kier molecular flexibility index (Phi) is 13.1. The third kappa shape index (κ3) is 9.20. The second kappa shape index (κ2) is 23.2. The van der Waals surface area contributed by atoms with Crippen molar-refractivity contribution < 1.29 is 0 Å². The van der Waals surface area contributed by atoms with Gasteiger partial charge in [-0.15, -0.1) is 34.0 Å². The van der Waals surface area contributed by atoms with Crippen molar-refractivity contribution in [3.63, 3.8) is 0 Å². The van der Waals surface area contributed by atoms with Crippen molar-refractivity contribution in [2.75, 3.05) is 0 Å². The Morgan fingerprint density at radius 2 is 0.481 bits per heavy atom. The van der Waals surface area contributed by atoms with E-state index in [9.17, 15) is 0 Å². The summed E-state index contributed by atoms with van der Waals surface area (Å²) >= 11 is 5.59. The molecule has 4 nitrogen and oxygen atoms in total. The normalized spacial score (nSPS) is 12.2. The first-order chi connectivity index (χ1) is 52.5. The van der Waals surface area contributed by atoms with Crippen molar-refractivity contribution >= 4 is 171 Å². The highest BCUT2D eigenvalue weighted by atomic mass is 32.1. The molecule has 7 heterocycles. The Balaban J connectivity index is 0.683. The van der Waals surface area contributed by atoms with Gasteiger partial charge in [0, 0.05) is 127 Å². The fourth-order valence-electron chi connectivity index (χ4n) is 17.4. The summed E-state index contributed by atoms with van der Waals surface area (Å²) in [6, 6.07) is 129. The van der Waals surface area contributed by atoms with Crippen molar-refractivity contribution in [3.05, 3.63) is 352 Å². The number of rotatable bonds is 9. The van der Waals surface area contributed by atoms with Crippen LogP contribution in [0.5, 0.6) is 0 Å². The van der Waals surface area contributed by atoms with Crippen LogP contribution >= 0.6 is 34.0 Å². The van der Waals surface area contributed by atoms with Gasteiger partial charge in [-0.25, -0.2) is 0 Å². The van der Waals surface area contributed by atoms with E-state index in [2.05, 4.69) is 359 Å². The van der Waals surface area contributed by atoms with E-state index in [4.69, 9.17) is 4.98 Å². The summed E-state index contributed by atoms with van der Waals surface area (Å²) in [6.07, 6.45) is 2.01. The standard InChI is InChI=1S/C99H58N4S3/c1-7-28-87-73(22-1)80-51-60(63-37-43-96-83(54-63)76-25-4-10-31-93(76)104-96)34-40-90(80)101(87)69-19-13-16-59(48-69)68-57-79(67-18-15-21-71(50-67)103-89-30-9-3-24-75(89)82-53-62(36-42-92(82)103)65-39-45-98-85(56-65)78-27-6-12-33-95(78)106-98)99-86(58-68)72(46-47-100-99)66-17-14-20-70(49-66)102-88-29-8-2-23-74(88)81-52-61(35-41-91(81)102)64-38-44-97-84(55-64)77-26-5-11-32-94(77)105-97/h1-58H. The van der Waals surface area contributed by atoms with Gasteiger partial charge in [-0.2, -0.15) is 0 Å². The van der Waals surface area contributed by atoms with E-state index in [0.29, 0.717) is 0 Å². The lowest BCUT2D eigenvalue weighted by Crippen LogP contribution is -1.97. The van der Waals surface area contributed by atoms with Crippen LogP contribution in [0, 0.1) is 0 Å². The average molecular weight is 1400 g/mol. The van der Waals surface area contributed by atoms with E-state index in [1.807, 2.05) is 40.2 Å². The molecule has 492 valence electrons. The zero-order valence-corrected chi connectivity index (χ0v) is 59.4. The highest BCUT2D eigenvalue weighted by Gasteiger charge is 2.22. The zero-order valence-electron chi connectivity index (χ0n) is 57.0. The maximum atomic E-state index is 5.42. The first kappa shape index (κ1) is 59.5. The fourth-order valence-corrected chi connectivity index (χ4v) is 20.6. The van der Waals surface area contributed by atoms with Gasteiger partial charge in [0.1, 0.15) is 0 Å². The van der Waals surface area contributed by atoms with E-state index >= 15 is 0 Å². The maximum Gasteiger partial charge on any atom is 0.0786 e. The molecule has 7 aromatic heterocycles. The molecule has 0 aliphatic heterocycles. The lowest BCUT2D eigenvalue weighted by atomic mass is 9.91. The third-order valence-electron chi connectivity index (χ3n) is 22.3. The van der Waals surface area contributed by atoms with Crippen LogP contribution in [-0.4, -0.2) is 18.7 Å². The molecule has 0 aliphatic rings. The number of thiophene rings is 3. The molecule has 0 bridgehead atoms. The Morgan fingerprint density at radius 1 is 0.179 bits per heavy atom. The molecule has 0 saturated heterocycles. The second-order valence-corrected chi connectivity index (χ2v) is 31.4. The van der Waals surface area contributed by atoms with E-state index in [-0.39, 0.29) is 0 Å². The van der Waals surface area contributed by atoms with Crippen LogP contribution in [0.25, 0.3) is 221 Å². The Hall–Kier alpha value is -13.0. The molecule has 0 atom stereocenters. The first-order valence-electron chi connectivity index (χ1n) is 36.1. The molecule has 0 spiro atoms. The van der Waals surface area contributed by atoms with Crippen LogP contribution in [0.2, 0.25) is 0 Å². The van der Waals surface area contributed by atoms with Gasteiger partial charge in [-0.1, -0.05) is 182 Å². The van der Waals surface area contributed by atoms with Crippen LogP contribution in [-0.2, 0) is 0 Å². The van der Waals surface area contributed by atoms with Crippen LogP contribution in [0.15, 0.2) is 352 Å². The number of nitrogens with zero attached hydrogens (tertiary/aromatic N) is 4. The Bertz CT molecular complexity index is 7680. The fraction of sp³-hybridized carbons (Fsp3) is 0. The summed E-state index contributed by atoms with van der Waals surface area (Å²) in [5.41, 5.74) is 25.0. The minimum atomic E-state index is 0.935. The number of hydrogen-bond donors (Lipinski definition) is 0. The van der Waals surface area contributed by atoms with Crippen molar-refractivity contribution in [3.8, 4) is 83.8 Å². The predicted molar refractivity (Wildman–Crippen MR) is 456 cm³/mol. The van der Waals surface area contributed by atoms with Crippen LogP contribution < -0.4 is 0 Å². The van der Waals surface area contributed by atoms with E-state index < -0.39 is 0 Å². The Morgan fingerprint density at radius 3 is 0.896 bits per heavy atom. The number of para-hydroxylation sites is 3. The van der Waals surface area contributed by atoms with Gasteiger partial charge in [0.15, 0.2) is 0 Å². The van der Waals surface area contributed by atoms with Gasteiger partial charge in [0.05, 0.1) is 38.6 Å². The molecule has 23 aromatic rings. The number of aromatic nitrogens is 4. The van der Waals surface area contributed by atoms with Crippen LogP contribution in [0.1, 0.15) is 0 Å². The second-order valence-electron chi connectivity index (χ2n) is 28.1. The van der Waals surface area contributed by atoms with Crippen molar-refractivity contribution in [2.45, 2.75) is 0 Å². The van der Waals surface area contributed by atoms with Gasteiger partial charge in [0.25, 0.3) is 0 Å². The summed E-state index contributed by atoms with van der Waals surface area (Å²) in [5, 5.41) is 16.2. The maximum absolute atomic E-state index is 5.42. The predicted octanol–water partition coefficient (Wildman–Crippen LogP) is 28.6. The number of fused-ring (bicyclic) bond motifs is 19. The number of pyridine rings is 1. The van der Waals surface area contributed by atoms with Gasteiger partial charge in [-0.05, 0) is 225 Å². The summed E-state index contributed by atoms with van der Waals surface area (Å²) in [7, 11) is 0. The molecular formula is C99H58N4S3. The first-order valence-corrected chi connectivity index (χ1v) is 38.6. The van der Waals surface area contributed by atoms with Gasteiger partial charge in [0.2, 0.25) is 0 Å². The number of benzene rings is 16. The van der Waals surface area contributed by atoms with Crippen LogP contribution in [0.4, 0.5) is 0 Å². The minimum absolute atomic E-state index is 0.935. The third-order valence-corrected chi connectivity index (χ3v) is 25.7. The van der Waals surface area contributed by atoms with Crippen LogP contribution in [0.3, 0.4) is 0 Å². The molecule has 0 saturated carbocycles. The van der Waals surface area contributed by atoms with Gasteiger partial charge >= 0.3 is 0 Å². The SMILES string of the molecule is c1cc(-c2cc(-c3cccc(-n4c5ccccc5c5cc(-c6ccc7sc8ccccc8c7c6)ccc54)c3)c3nccc(-c4cccc(-n5c6ccccc6c6cc(-c7ccc8sc9ccccc9c8c7)ccc65)c4)c3c2)cc(-n2c3ccccc3c3cc(-c4ccc5sc6ccccc6c5c4)ccc32)c1. The van der Waals surface area contributed by atoms with E-state index in [1.54, 1.807) is 0 Å². The molecule has 0 aliphatic carbocycles. The summed E-state index contributed by atoms with van der Waals surface area (Å²) in [6.45, 7) is 0. The molecule has 0 unspecified atom stereocenters. The minimum Gasteiger partial charge on any atom is -0.309 e. The van der Waals surface area contributed by atoms with Crippen molar-refractivity contribution in [2.24, 2.45) is 0 Å². The lowest BCUT2D eigenvalue weighted by Gasteiger charge is -2.17. The topological polar surface area (TPSA) is 27.7 Å². The molecule has 0 radical (unpaired) electrons. The molecular weight excluding hydrogens is 1340 g/mol. The summed E-state index contributed by atoms with van der Waals surface area (Å²) in [4.78, 5) is 5.42. The molecule has 0 N–H and O–H groups in total. The van der Waals surface area contributed by atoms with Crippen molar-refractivity contribution in [1.29, 1.82) is 0 Å². The molecule has 16 aromatic carbocycles. The largest absolute Gasteiger partial charge is 0.309 e. The molecule has 106 heavy (non-hydrogen) atoms. The zero-order chi connectivity index (χ0) is 69.2. The molecule has 0 fully saturated rings. The highest BCUT2D eigenvalue weighted by Crippen LogP contribution is 2.47. The molecule has 0 amide bonds. The summed E-state index contributed by atoms with van der Waals surface area (Å²) < 4.78 is 15.2. The Labute approximate surface area is 620 Å². The average Bonchev–Trinajstić information content (AvgIpc) is 1.70. The van der Waals surface area contributed by atoms with E-state index in [0.717, 1.165) is 94.4 Å². The smallest absolute Gasteiger partial charge is 0.0786 e. The lowest BCUT2D eigenvalue weighted by molar-refractivity contribution is 1.18. The quantitative estimate of drug-likeness (QED) is 0.142. The van der Waals surface area contributed by atoms with Gasteiger partial charge < -0.3 is 13.7 Å².